The Labute approximate surface area is 107 Å². The number of aliphatic hydroxyl groups excluding tert-OH is 2. The molecule has 0 heterocycles. The summed E-state index contributed by atoms with van der Waals surface area (Å²) in [5.41, 5.74) is 1.26. The van der Waals surface area contributed by atoms with Gasteiger partial charge in [0.25, 0.3) is 0 Å². The summed E-state index contributed by atoms with van der Waals surface area (Å²) < 4.78 is 0. The quantitative estimate of drug-likeness (QED) is 0.648. The highest BCUT2D eigenvalue weighted by atomic mass is 32.2. The maximum absolute atomic E-state index is 9.24. The first-order valence-corrected chi connectivity index (χ1v) is 6.84. The van der Waals surface area contributed by atoms with Crippen LogP contribution in [0, 0.1) is 0 Å². The summed E-state index contributed by atoms with van der Waals surface area (Å²) in [5.74, 6) is 0.528. The monoisotopic (exact) mass is 255 g/mol. The molecule has 1 unspecified atom stereocenters. The van der Waals surface area contributed by atoms with Gasteiger partial charge in [-0.15, -0.1) is 11.8 Å². The van der Waals surface area contributed by atoms with Crippen LogP contribution in [0.15, 0.2) is 29.2 Å². The number of hydrogen-bond donors (Lipinski definition) is 3. The van der Waals surface area contributed by atoms with Crippen LogP contribution in [0.1, 0.15) is 19.4 Å². The maximum Gasteiger partial charge on any atom is 0.0864 e. The average molecular weight is 255 g/mol. The number of rotatable bonds is 7. The van der Waals surface area contributed by atoms with E-state index in [1.54, 1.807) is 11.8 Å². The zero-order chi connectivity index (χ0) is 12.7. The highest BCUT2D eigenvalue weighted by Gasteiger charge is 2.03. The summed E-state index contributed by atoms with van der Waals surface area (Å²) in [6.07, 6.45) is -0.637. The molecule has 0 bridgehead atoms. The molecule has 3 N–H and O–H groups in total. The molecule has 0 saturated carbocycles. The van der Waals surface area contributed by atoms with Crippen molar-refractivity contribution in [2.24, 2.45) is 0 Å². The molecule has 1 rings (SSSR count). The predicted octanol–water partition coefficient (Wildman–Crippen LogP) is 1.63. The van der Waals surface area contributed by atoms with Gasteiger partial charge in [0.15, 0.2) is 0 Å². The average Bonchev–Trinajstić information content (AvgIpc) is 2.34. The Morgan fingerprint density at radius 3 is 2.41 bits per heavy atom. The van der Waals surface area contributed by atoms with Gasteiger partial charge in [-0.3, -0.25) is 0 Å². The van der Waals surface area contributed by atoms with E-state index >= 15 is 0 Å². The highest BCUT2D eigenvalue weighted by Crippen LogP contribution is 2.19. The molecule has 0 spiro atoms. The Morgan fingerprint density at radius 1 is 1.24 bits per heavy atom. The van der Waals surface area contributed by atoms with Crippen molar-refractivity contribution in [3.05, 3.63) is 29.8 Å². The summed E-state index contributed by atoms with van der Waals surface area (Å²) in [4.78, 5) is 1.12. The van der Waals surface area contributed by atoms with Gasteiger partial charge < -0.3 is 15.5 Å². The van der Waals surface area contributed by atoms with Crippen LogP contribution in [0.3, 0.4) is 0 Å². The third-order valence-corrected chi connectivity index (χ3v) is 3.45. The Kier molecular flexibility index (Phi) is 6.58. The number of aliphatic hydroxyl groups is 2. The van der Waals surface area contributed by atoms with Gasteiger partial charge in [0.05, 0.1) is 12.7 Å². The number of benzene rings is 1. The van der Waals surface area contributed by atoms with Crippen molar-refractivity contribution in [2.75, 3.05) is 12.4 Å². The first-order valence-electron chi connectivity index (χ1n) is 5.86. The van der Waals surface area contributed by atoms with E-state index in [0.29, 0.717) is 11.8 Å². The third kappa shape index (κ3) is 6.07. The number of nitrogens with one attached hydrogen (secondary N) is 1. The first-order chi connectivity index (χ1) is 8.11. The van der Waals surface area contributed by atoms with Gasteiger partial charge in [0.2, 0.25) is 0 Å². The fourth-order valence-corrected chi connectivity index (χ4v) is 2.09. The van der Waals surface area contributed by atoms with E-state index in [-0.39, 0.29) is 6.61 Å². The lowest BCUT2D eigenvalue weighted by atomic mass is 10.2. The number of hydrogen-bond acceptors (Lipinski definition) is 4. The zero-order valence-corrected chi connectivity index (χ0v) is 11.2. The fraction of sp³-hybridized carbons (Fsp3) is 0.538. The minimum atomic E-state index is -0.637. The lowest BCUT2D eigenvalue weighted by Gasteiger charge is -2.09. The van der Waals surface area contributed by atoms with E-state index in [0.717, 1.165) is 11.4 Å². The maximum atomic E-state index is 9.24. The van der Waals surface area contributed by atoms with Crippen molar-refractivity contribution < 1.29 is 10.2 Å². The van der Waals surface area contributed by atoms with Gasteiger partial charge in [-0.25, -0.2) is 0 Å². The molecule has 0 aliphatic carbocycles. The fourth-order valence-electron chi connectivity index (χ4n) is 1.27. The standard InChI is InChI=1S/C13H21NO2S/c1-10(2)14-7-11-3-5-13(6-4-11)17-9-12(16)8-15/h3-6,10,12,14-16H,7-9H2,1-2H3. The second-order valence-corrected chi connectivity index (χ2v) is 5.42. The van der Waals surface area contributed by atoms with Gasteiger partial charge in [0.1, 0.15) is 0 Å². The van der Waals surface area contributed by atoms with Gasteiger partial charge in [-0.2, -0.15) is 0 Å². The zero-order valence-electron chi connectivity index (χ0n) is 10.4. The summed E-state index contributed by atoms with van der Waals surface area (Å²) in [6, 6.07) is 8.76. The Balaban J connectivity index is 2.39. The van der Waals surface area contributed by atoms with E-state index in [2.05, 4.69) is 31.3 Å². The molecule has 17 heavy (non-hydrogen) atoms. The van der Waals surface area contributed by atoms with Crippen LogP contribution in [0.5, 0.6) is 0 Å². The molecule has 4 heteroatoms. The summed E-state index contributed by atoms with van der Waals surface area (Å²) in [6.45, 7) is 4.95. The van der Waals surface area contributed by atoms with E-state index in [4.69, 9.17) is 5.11 Å². The topological polar surface area (TPSA) is 52.5 Å². The van der Waals surface area contributed by atoms with Crippen LogP contribution >= 0.6 is 11.8 Å². The summed E-state index contributed by atoms with van der Waals surface area (Å²) in [7, 11) is 0. The lowest BCUT2D eigenvalue weighted by molar-refractivity contribution is 0.113. The molecule has 0 fully saturated rings. The van der Waals surface area contributed by atoms with Crippen LogP contribution in [0.2, 0.25) is 0 Å². The molecule has 0 saturated heterocycles. The Bertz CT molecular complexity index is 314. The van der Waals surface area contributed by atoms with Crippen LogP contribution in [0.25, 0.3) is 0 Å². The normalized spacial score (nSPS) is 13.0. The molecular weight excluding hydrogens is 234 g/mol. The highest BCUT2D eigenvalue weighted by molar-refractivity contribution is 7.99. The van der Waals surface area contributed by atoms with Gasteiger partial charge in [-0.05, 0) is 17.7 Å². The van der Waals surface area contributed by atoms with E-state index < -0.39 is 6.10 Å². The molecular formula is C13H21NO2S. The predicted molar refractivity (Wildman–Crippen MR) is 72.2 cm³/mol. The van der Waals surface area contributed by atoms with Crippen LogP contribution in [-0.2, 0) is 6.54 Å². The van der Waals surface area contributed by atoms with Gasteiger partial charge >= 0.3 is 0 Å². The second kappa shape index (κ2) is 7.71. The number of thioether (sulfide) groups is 1. The van der Waals surface area contributed by atoms with Gasteiger partial charge in [0, 0.05) is 23.2 Å². The van der Waals surface area contributed by atoms with Crippen molar-refractivity contribution in [2.45, 2.75) is 37.4 Å². The van der Waals surface area contributed by atoms with E-state index in [1.165, 1.54) is 5.56 Å². The Morgan fingerprint density at radius 2 is 1.88 bits per heavy atom. The molecule has 0 aliphatic heterocycles. The second-order valence-electron chi connectivity index (χ2n) is 4.33. The minimum absolute atomic E-state index is 0.177. The Hall–Kier alpha value is -0.550. The summed E-state index contributed by atoms with van der Waals surface area (Å²) in [5, 5.41) is 21.3. The smallest absolute Gasteiger partial charge is 0.0864 e. The molecule has 1 aromatic rings. The van der Waals surface area contributed by atoms with E-state index in [1.807, 2.05) is 12.1 Å². The van der Waals surface area contributed by atoms with Crippen LogP contribution < -0.4 is 5.32 Å². The molecule has 1 atom stereocenters. The van der Waals surface area contributed by atoms with Crippen molar-refractivity contribution >= 4 is 11.8 Å². The molecule has 3 nitrogen and oxygen atoms in total. The SMILES string of the molecule is CC(C)NCc1ccc(SCC(O)CO)cc1. The molecule has 1 aromatic carbocycles. The molecule has 0 aromatic heterocycles. The lowest BCUT2D eigenvalue weighted by Crippen LogP contribution is -2.21. The van der Waals surface area contributed by atoms with Crippen molar-refractivity contribution in [3.63, 3.8) is 0 Å². The molecule has 0 aliphatic rings. The largest absolute Gasteiger partial charge is 0.394 e. The molecule has 0 radical (unpaired) electrons. The van der Waals surface area contributed by atoms with Crippen molar-refractivity contribution in [3.8, 4) is 0 Å². The first kappa shape index (κ1) is 14.5. The summed E-state index contributed by atoms with van der Waals surface area (Å²) >= 11 is 1.56. The van der Waals surface area contributed by atoms with Gasteiger partial charge in [-0.1, -0.05) is 26.0 Å². The van der Waals surface area contributed by atoms with Crippen molar-refractivity contribution in [1.82, 2.24) is 5.32 Å². The van der Waals surface area contributed by atoms with E-state index in [9.17, 15) is 5.11 Å². The molecule has 96 valence electrons. The van der Waals surface area contributed by atoms with Crippen molar-refractivity contribution in [1.29, 1.82) is 0 Å². The molecule has 0 amide bonds. The third-order valence-electron chi connectivity index (χ3n) is 2.29. The minimum Gasteiger partial charge on any atom is -0.394 e. The van der Waals surface area contributed by atoms with Crippen LogP contribution in [0.4, 0.5) is 0 Å². The van der Waals surface area contributed by atoms with Crippen LogP contribution in [-0.4, -0.2) is 34.7 Å².